The first-order valence-corrected chi connectivity index (χ1v) is 8.52. The number of nitrogens with one attached hydrogen (secondary N) is 1. The van der Waals surface area contributed by atoms with Crippen LogP contribution < -0.4 is 14.9 Å². The van der Waals surface area contributed by atoms with Crippen molar-refractivity contribution < 1.29 is 18.8 Å². The van der Waals surface area contributed by atoms with Crippen molar-refractivity contribution >= 4 is 17.9 Å². The van der Waals surface area contributed by atoms with Crippen molar-refractivity contribution in [3.8, 4) is 17.6 Å². The lowest BCUT2D eigenvalue weighted by Crippen LogP contribution is -2.05. The normalized spacial score (nSPS) is 11.6. The molecule has 0 aliphatic rings. The summed E-state index contributed by atoms with van der Waals surface area (Å²) in [4.78, 5) is 18.4. The number of methoxy groups -OCH3 is 2. The van der Waals surface area contributed by atoms with Gasteiger partial charge in [0.25, 0.3) is 0 Å². The van der Waals surface area contributed by atoms with Crippen LogP contribution in [0.1, 0.15) is 22.9 Å². The van der Waals surface area contributed by atoms with Gasteiger partial charge in [0.2, 0.25) is 0 Å². The Morgan fingerprint density at radius 3 is 2.73 bits per heavy atom. The SMILES string of the molecule is COc1ccc(C(C#N)c2cncc(N/N=C/c3ccc([N+](=O)[O-])o3)n2)cc1OC. The highest BCUT2D eigenvalue weighted by molar-refractivity contribution is 5.76. The fourth-order valence-electron chi connectivity index (χ4n) is 2.59. The van der Waals surface area contributed by atoms with Gasteiger partial charge in [0.15, 0.2) is 23.1 Å². The van der Waals surface area contributed by atoms with Crippen LogP contribution in [-0.2, 0) is 0 Å². The van der Waals surface area contributed by atoms with Crippen molar-refractivity contribution in [2.75, 3.05) is 19.6 Å². The number of hydrogen-bond acceptors (Lipinski definition) is 10. The third-order valence-electron chi connectivity index (χ3n) is 3.98. The molecule has 1 N–H and O–H groups in total. The minimum Gasteiger partial charge on any atom is -0.493 e. The van der Waals surface area contributed by atoms with Crippen LogP contribution in [0.5, 0.6) is 11.5 Å². The van der Waals surface area contributed by atoms with E-state index < -0.39 is 10.8 Å². The van der Waals surface area contributed by atoms with Crippen LogP contribution in [0.4, 0.5) is 11.7 Å². The van der Waals surface area contributed by atoms with Crippen LogP contribution in [0.15, 0.2) is 52.2 Å². The molecule has 3 aromatic rings. The summed E-state index contributed by atoms with van der Waals surface area (Å²) in [7, 11) is 3.04. The standard InChI is InChI=1S/C19H16N6O5/c1-28-16-5-3-12(7-17(16)29-2)14(8-20)15-10-21-11-18(23-15)24-22-9-13-4-6-19(30-13)25(26)27/h3-7,9-11,14H,1-2H3,(H,23,24)/b22-9+. The van der Waals surface area contributed by atoms with Gasteiger partial charge in [0.05, 0.1) is 50.7 Å². The van der Waals surface area contributed by atoms with E-state index in [4.69, 9.17) is 13.9 Å². The maximum atomic E-state index is 10.6. The van der Waals surface area contributed by atoms with E-state index in [-0.39, 0.29) is 17.5 Å². The Hall–Kier alpha value is -4.46. The lowest BCUT2D eigenvalue weighted by Gasteiger charge is -2.13. The monoisotopic (exact) mass is 408 g/mol. The van der Waals surface area contributed by atoms with Crippen molar-refractivity contribution in [2.45, 2.75) is 5.92 Å². The number of nitrogens with zero attached hydrogens (tertiary/aromatic N) is 5. The first-order chi connectivity index (χ1) is 14.5. The van der Waals surface area contributed by atoms with Gasteiger partial charge in [-0.2, -0.15) is 10.4 Å². The first kappa shape index (κ1) is 20.3. The molecule has 0 aliphatic heterocycles. The Labute approximate surface area is 170 Å². The molecule has 0 spiro atoms. The number of hydrogen-bond donors (Lipinski definition) is 1. The average Bonchev–Trinajstić information content (AvgIpc) is 3.24. The molecule has 0 fully saturated rings. The van der Waals surface area contributed by atoms with Gasteiger partial charge in [-0.15, -0.1) is 0 Å². The van der Waals surface area contributed by atoms with Crippen LogP contribution in [0, 0.1) is 21.4 Å². The summed E-state index contributed by atoms with van der Waals surface area (Å²) in [6, 6.07) is 10.0. The van der Waals surface area contributed by atoms with E-state index >= 15 is 0 Å². The molecule has 11 heteroatoms. The Morgan fingerprint density at radius 1 is 1.27 bits per heavy atom. The van der Waals surface area contributed by atoms with E-state index in [9.17, 15) is 15.4 Å². The fraction of sp³-hybridized carbons (Fsp3) is 0.158. The quantitative estimate of drug-likeness (QED) is 0.337. The van der Waals surface area contributed by atoms with Gasteiger partial charge in [-0.25, -0.2) is 4.98 Å². The van der Waals surface area contributed by atoms with Crippen LogP contribution in [-0.4, -0.2) is 35.3 Å². The van der Waals surface area contributed by atoms with Gasteiger partial charge >= 0.3 is 5.88 Å². The zero-order chi connectivity index (χ0) is 21.5. The molecule has 30 heavy (non-hydrogen) atoms. The third kappa shape index (κ3) is 4.50. The molecule has 2 heterocycles. The zero-order valence-electron chi connectivity index (χ0n) is 16.0. The maximum Gasteiger partial charge on any atom is 0.433 e. The fourth-order valence-corrected chi connectivity index (χ4v) is 2.59. The Balaban J connectivity index is 1.78. The number of hydrazone groups is 1. The summed E-state index contributed by atoms with van der Waals surface area (Å²) < 4.78 is 15.5. The maximum absolute atomic E-state index is 10.6. The van der Waals surface area contributed by atoms with Crippen LogP contribution in [0.3, 0.4) is 0 Å². The highest BCUT2D eigenvalue weighted by Crippen LogP contribution is 2.32. The Kier molecular flexibility index (Phi) is 6.19. The van der Waals surface area contributed by atoms with Gasteiger partial charge in [-0.3, -0.25) is 20.5 Å². The minimum atomic E-state index is -0.698. The Morgan fingerprint density at radius 2 is 2.07 bits per heavy atom. The zero-order valence-corrected chi connectivity index (χ0v) is 16.0. The van der Waals surface area contributed by atoms with Crippen molar-refractivity contribution in [1.82, 2.24) is 9.97 Å². The lowest BCUT2D eigenvalue weighted by atomic mass is 9.97. The van der Waals surface area contributed by atoms with Crippen molar-refractivity contribution in [3.63, 3.8) is 0 Å². The number of nitriles is 1. The predicted molar refractivity (Wildman–Crippen MR) is 106 cm³/mol. The summed E-state index contributed by atoms with van der Waals surface area (Å²) in [5, 5.41) is 24.2. The van der Waals surface area contributed by atoms with Crippen molar-refractivity contribution in [1.29, 1.82) is 5.26 Å². The molecule has 0 saturated carbocycles. The van der Waals surface area contributed by atoms with Gasteiger partial charge in [-0.1, -0.05) is 6.07 Å². The molecule has 0 saturated heterocycles. The number of ether oxygens (including phenoxy) is 2. The summed E-state index contributed by atoms with van der Waals surface area (Å²) >= 11 is 0. The lowest BCUT2D eigenvalue weighted by molar-refractivity contribution is -0.402. The second-order valence-electron chi connectivity index (χ2n) is 5.81. The highest BCUT2D eigenvalue weighted by Gasteiger charge is 2.18. The van der Waals surface area contributed by atoms with Crippen LogP contribution >= 0.6 is 0 Å². The second kappa shape index (κ2) is 9.16. The molecule has 1 aromatic carbocycles. The molecule has 1 atom stereocenters. The van der Waals surface area contributed by atoms with E-state index in [0.717, 1.165) is 0 Å². The third-order valence-corrected chi connectivity index (χ3v) is 3.98. The summed E-state index contributed by atoms with van der Waals surface area (Å²) in [5.74, 6) is 0.437. The average molecular weight is 408 g/mol. The molecular formula is C19H16N6O5. The summed E-state index contributed by atoms with van der Waals surface area (Å²) in [6.07, 6.45) is 4.17. The second-order valence-corrected chi connectivity index (χ2v) is 5.81. The number of rotatable bonds is 8. The number of aromatic nitrogens is 2. The van der Waals surface area contributed by atoms with E-state index in [1.807, 2.05) is 0 Å². The molecule has 2 aromatic heterocycles. The molecule has 152 valence electrons. The van der Waals surface area contributed by atoms with E-state index in [2.05, 4.69) is 26.6 Å². The van der Waals surface area contributed by atoms with Crippen molar-refractivity contribution in [2.24, 2.45) is 5.10 Å². The molecule has 3 rings (SSSR count). The molecule has 0 radical (unpaired) electrons. The first-order valence-electron chi connectivity index (χ1n) is 8.52. The summed E-state index contributed by atoms with van der Waals surface area (Å²) in [5.41, 5.74) is 3.72. The van der Waals surface area contributed by atoms with Gasteiger partial charge in [-0.05, 0) is 23.8 Å². The van der Waals surface area contributed by atoms with Crippen LogP contribution in [0.25, 0.3) is 0 Å². The largest absolute Gasteiger partial charge is 0.493 e. The smallest absolute Gasteiger partial charge is 0.433 e. The molecular weight excluding hydrogens is 392 g/mol. The van der Waals surface area contributed by atoms with Crippen LogP contribution in [0.2, 0.25) is 0 Å². The predicted octanol–water partition coefficient (Wildman–Crippen LogP) is 3.10. The van der Waals surface area contributed by atoms with E-state index in [1.54, 1.807) is 18.2 Å². The van der Waals surface area contributed by atoms with Gasteiger partial charge in [0.1, 0.15) is 10.8 Å². The number of anilines is 1. The topological polar surface area (TPSA) is 149 Å². The van der Waals surface area contributed by atoms with Crippen molar-refractivity contribution in [3.05, 3.63) is 69.9 Å². The molecule has 0 amide bonds. The molecule has 11 nitrogen and oxygen atoms in total. The van der Waals surface area contributed by atoms with E-state index in [0.29, 0.717) is 22.8 Å². The molecule has 1 unspecified atom stereocenters. The number of furan rings is 1. The van der Waals surface area contributed by atoms with Gasteiger partial charge in [0, 0.05) is 0 Å². The molecule has 0 bridgehead atoms. The highest BCUT2D eigenvalue weighted by atomic mass is 16.6. The summed E-state index contributed by atoms with van der Waals surface area (Å²) in [6.45, 7) is 0. The molecule has 0 aliphatic carbocycles. The Bertz CT molecular complexity index is 1120. The van der Waals surface area contributed by atoms with Gasteiger partial charge < -0.3 is 13.9 Å². The van der Waals surface area contributed by atoms with E-state index in [1.165, 1.54) is 45.0 Å². The number of nitro groups is 1. The minimum absolute atomic E-state index is 0.193. The number of benzene rings is 1.